The number of hydrogen-bond donors (Lipinski definition) is 1. The zero-order chi connectivity index (χ0) is 20.4. The van der Waals surface area contributed by atoms with Crippen LogP contribution in [-0.4, -0.2) is 24.4 Å². The minimum absolute atomic E-state index is 0.221. The highest BCUT2D eigenvalue weighted by Gasteiger charge is 2.15. The van der Waals surface area contributed by atoms with E-state index in [9.17, 15) is 8.78 Å². The van der Waals surface area contributed by atoms with Gasteiger partial charge in [-0.3, -0.25) is 4.68 Å². The van der Waals surface area contributed by atoms with E-state index in [-0.39, 0.29) is 5.56 Å². The average molecular weight is 393 g/mol. The van der Waals surface area contributed by atoms with Gasteiger partial charge in [-0.2, -0.15) is 15.5 Å². The summed E-state index contributed by atoms with van der Waals surface area (Å²) in [6.07, 6.45) is 7.33. The van der Waals surface area contributed by atoms with Crippen LogP contribution in [0.1, 0.15) is 24.9 Å². The molecule has 1 N–H and O–H groups in total. The number of aryl methyl sites for hydroxylation is 1. The Kier molecular flexibility index (Phi) is 4.91. The predicted molar refractivity (Wildman–Crippen MR) is 103 cm³/mol. The number of nitriles is 1. The zero-order valence-corrected chi connectivity index (χ0v) is 15.5. The molecule has 3 heterocycles. The largest absolute Gasteiger partial charge is 0.363 e. The predicted octanol–water partition coefficient (Wildman–Crippen LogP) is 3.96. The van der Waals surface area contributed by atoms with Crippen molar-refractivity contribution in [3.63, 3.8) is 0 Å². The van der Waals surface area contributed by atoms with Gasteiger partial charge in [0.05, 0.1) is 37.5 Å². The molecule has 4 aromatic rings. The molecule has 0 radical (unpaired) electrons. The number of hydrogen-bond acceptors (Lipinski definition) is 5. The van der Waals surface area contributed by atoms with Crippen molar-refractivity contribution in [1.29, 1.82) is 5.26 Å². The van der Waals surface area contributed by atoms with Crippen LogP contribution in [0.5, 0.6) is 0 Å². The zero-order valence-electron chi connectivity index (χ0n) is 15.5. The van der Waals surface area contributed by atoms with Crippen LogP contribution in [0, 0.1) is 23.0 Å². The molecular weight excluding hydrogens is 376 g/mol. The fourth-order valence-corrected chi connectivity index (χ4v) is 3.09. The van der Waals surface area contributed by atoms with E-state index >= 15 is 0 Å². The number of nitrogens with one attached hydrogen (secondary N) is 1. The van der Waals surface area contributed by atoms with Gasteiger partial charge in [0, 0.05) is 29.1 Å². The lowest BCUT2D eigenvalue weighted by Crippen LogP contribution is -2.10. The summed E-state index contributed by atoms with van der Waals surface area (Å²) in [6.45, 7) is 2.24. The van der Waals surface area contributed by atoms with E-state index in [0.29, 0.717) is 24.4 Å². The van der Waals surface area contributed by atoms with Crippen molar-refractivity contribution in [2.24, 2.45) is 0 Å². The molecule has 0 amide bonds. The molecule has 0 bridgehead atoms. The van der Waals surface area contributed by atoms with Crippen molar-refractivity contribution in [2.45, 2.75) is 25.9 Å². The highest BCUT2D eigenvalue weighted by Crippen LogP contribution is 2.26. The van der Waals surface area contributed by atoms with Crippen molar-refractivity contribution in [3.8, 4) is 17.2 Å². The Morgan fingerprint density at radius 2 is 2.07 bits per heavy atom. The van der Waals surface area contributed by atoms with Crippen LogP contribution in [0.3, 0.4) is 0 Å². The van der Waals surface area contributed by atoms with E-state index in [0.717, 1.165) is 23.3 Å². The molecule has 0 aliphatic heterocycles. The quantitative estimate of drug-likeness (QED) is 0.536. The van der Waals surface area contributed by atoms with Crippen LogP contribution in [0.4, 0.5) is 14.6 Å². The third-order valence-electron chi connectivity index (χ3n) is 4.56. The average Bonchev–Trinajstić information content (AvgIpc) is 3.34. The van der Waals surface area contributed by atoms with Gasteiger partial charge in [0.15, 0.2) is 5.65 Å². The minimum atomic E-state index is -0.495. The van der Waals surface area contributed by atoms with Gasteiger partial charge in [0.25, 0.3) is 0 Å². The van der Waals surface area contributed by atoms with Crippen molar-refractivity contribution >= 4 is 11.5 Å². The second-order valence-corrected chi connectivity index (χ2v) is 6.57. The van der Waals surface area contributed by atoms with Crippen LogP contribution in [0.2, 0.25) is 0 Å². The van der Waals surface area contributed by atoms with Gasteiger partial charge in [-0.15, -0.1) is 0 Å². The topological polar surface area (TPSA) is 83.8 Å². The molecule has 4 rings (SSSR count). The van der Waals surface area contributed by atoms with Crippen LogP contribution < -0.4 is 5.32 Å². The second kappa shape index (κ2) is 7.67. The van der Waals surface area contributed by atoms with Crippen molar-refractivity contribution < 1.29 is 8.78 Å². The molecule has 0 fully saturated rings. The molecule has 0 spiro atoms. The second-order valence-electron chi connectivity index (χ2n) is 6.57. The molecule has 9 heteroatoms. The maximum Gasteiger partial charge on any atom is 0.165 e. The Labute approximate surface area is 165 Å². The fourth-order valence-electron chi connectivity index (χ4n) is 3.09. The van der Waals surface area contributed by atoms with E-state index < -0.39 is 17.7 Å². The first kappa shape index (κ1) is 18.6. The number of benzene rings is 1. The number of nitrogens with zero attached hydrogens (tertiary/aromatic N) is 6. The lowest BCUT2D eigenvalue weighted by Gasteiger charge is -2.16. The monoisotopic (exact) mass is 393 g/mol. The maximum atomic E-state index is 14.0. The molecule has 146 valence electrons. The number of anilines is 1. The smallest absolute Gasteiger partial charge is 0.165 e. The molecule has 0 saturated heterocycles. The summed E-state index contributed by atoms with van der Waals surface area (Å²) in [6, 6.07) is 6.69. The molecule has 1 atom stereocenters. The summed E-state index contributed by atoms with van der Waals surface area (Å²) < 4.78 is 30.8. The Balaban J connectivity index is 1.62. The SMILES string of the molecule is C[C@@H](Nc1ccn2ncc(-c3cnn(CCC#N)c3)c2n1)c1cc(F)ccc1F. The van der Waals surface area contributed by atoms with Crippen molar-refractivity contribution in [3.05, 3.63) is 66.3 Å². The van der Waals surface area contributed by atoms with E-state index in [1.165, 1.54) is 6.07 Å². The molecule has 1 aromatic carbocycles. The number of fused-ring (bicyclic) bond motifs is 1. The highest BCUT2D eigenvalue weighted by molar-refractivity contribution is 5.76. The van der Waals surface area contributed by atoms with Crippen molar-refractivity contribution in [2.75, 3.05) is 5.32 Å². The minimum Gasteiger partial charge on any atom is -0.363 e. The molecular formula is C20H17F2N7. The lowest BCUT2D eigenvalue weighted by molar-refractivity contribution is 0.577. The number of halogens is 2. The summed E-state index contributed by atoms with van der Waals surface area (Å²) in [7, 11) is 0. The normalized spacial score (nSPS) is 12.1. The molecule has 0 saturated carbocycles. The Bertz CT molecular complexity index is 1210. The summed E-state index contributed by atoms with van der Waals surface area (Å²) >= 11 is 0. The van der Waals surface area contributed by atoms with Crippen LogP contribution in [-0.2, 0) is 6.54 Å². The van der Waals surface area contributed by atoms with E-state index in [2.05, 4.69) is 26.6 Å². The Morgan fingerprint density at radius 1 is 1.21 bits per heavy atom. The van der Waals surface area contributed by atoms with Gasteiger partial charge in [0.1, 0.15) is 17.5 Å². The van der Waals surface area contributed by atoms with Gasteiger partial charge < -0.3 is 5.32 Å². The molecule has 0 unspecified atom stereocenters. The van der Waals surface area contributed by atoms with E-state index in [1.807, 2.05) is 6.20 Å². The molecule has 0 aliphatic carbocycles. The lowest BCUT2D eigenvalue weighted by atomic mass is 10.1. The fraction of sp³-hybridized carbons (Fsp3) is 0.200. The van der Waals surface area contributed by atoms with Gasteiger partial charge in [-0.25, -0.2) is 18.3 Å². The summed E-state index contributed by atoms with van der Waals surface area (Å²) in [4.78, 5) is 4.58. The summed E-state index contributed by atoms with van der Waals surface area (Å²) in [5.41, 5.74) is 2.43. The number of aromatic nitrogens is 5. The van der Waals surface area contributed by atoms with Gasteiger partial charge in [-0.05, 0) is 31.2 Å². The summed E-state index contributed by atoms with van der Waals surface area (Å²) in [5, 5.41) is 20.4. The summed E-state index contributed by atoms with van der Waals surface area (Å²) in [5.74, 6) is -0.473. The first-order valence-electron chi connectivity index (χ1n) is 9.01. The first-order valence-corrected chi connectivity index (χ1v) is 9.01. The third kappa shape index (κ3) is 3.78. The van der Waals surface area contributed by atoms with Crippen LogP contribution in [0.25, 0.3) is 16.8 Å². The van der Waals surface area contributed by atoms with Crippen LogP contribution >= 0.6 is 0 Å². The Morgan fingerprint density at radius 3 is 2.90 bits per heavy atom. The van der Waals surface area contributed by atoms with Gasteiger partial charge in [0.2, 0.25) is 0 Å². The maximum absolute atomic E-state index is 14.0. The molecule has 0 aliphatic rings. The Hall–Kier alpha value is -3.80. The molecule has 29 heavy (non-hydrogen) atoms. The van der Waals surface area contributed by atoms with Gasteiger partial charge >= 0.3 is 0 Å². The number of rotatable bonds is 6. The van der Waals surface area contributed by atoms with E-state index in [4.69, 9.17) is 5.26 Å². The van der Waals surface area contributed by atoms with Gasteiger partial charge in [-0.1, -0.05) is 0 Å². The highest BCUT2D eigenvalue weighted by atomic mass is 19.1. The standard InChI is InChI=1S/C20H17F2N7/c1-13(16-9-15(21)3-4-18(16)22)26-19-5-8-29-20(27-19)17(11-25-29)14-10-24-28(12-14)7-2-6-23/h3-5,8-13H,2,7H2,1H3,(H,26,27)/t13-/m1/s1. The molecule has 3 aromatic heterocycles. The first-order chi connectivity index (χ1) is 14.0. The van der Waals surface area contributed by atoms with Crippen molar-refractivity contribution in [1.82, 2.24) is 24.4 Å². The molecule has 7 nitrogen and oxygen atoms in total. The third-order valence-corrected chi connectivity index (χ3v) is 4.56. The van der Waals surface area contributed by atoms with E-state index in [1.54, 1.807) is 40.8 Å². The van der Waals surface area contributed by atoms with Crippen LogP contribution in [0.15, 0.2) is 49.1 Å².